The maximum Gasteiger partial charge on any atom is 0.323 e. The van der Waals surface area contributed by atoms with Gasteiger partial charge in [0.05, 0.1) is 22.1 Å². The van der Waals surface area contributed by atoms with Crippen molar-refractivity contribution in [3.05, 3.63) is 92.9 Å². The lowest BCUT2D eigenvalue weighted by atomic mass is 9.76. The number of nitrogens with zero attached hydrogens (tertiary/aromatic N) is 1. The predicted molar refractivity (Wildman–Crippen MR) is 188 cm³/mol. The number of benzene rings is 3. The molecule has 4 heterocycles. The van der Waals surface area contributed by atoms with Crippen LogP contribution in [0.4, 0.5) is 0 Å². The summed E-state index contributed by atoms with van der Waals surface area (Å²) in [5.74, 6) is 1.15. The lowest BCUT2D eigenvalue weighted by Gasteiger charge is -2.47. The molecule has 1 aliphatic carbocycles. The first-order valence-corrected chi connectivity index (χ1v) is 17.0. The van der Waals surface area contributed by atoms with Gasteiger partial charge in [0.1, 0.15) is 0 Å². The van der Waals surface area contributed by atoms with Gasteiger partial charge < -0.3 is 25.2 Å². The molecule has 0 spiro atoms. The zero-order chi connectivity index (χ0) is 32.2. The fourth-order valence-corrected chi connectivity index (χ4v) is 8.15. The number of hydrogen-bond donors (Lipinski definition) is 4. The Morgan fingerprint density at radius 2 is 1.63 bits per heavy atom. The predicted octanol–water partition coefficient (Wildman–Crippen LogP) is 7.24. The molecule has 4 N–H and O–H groups in total. The van der Waals surface area contributed by atoms with Gasteiger partial charge in [0, 0.05) is 30.0 Å². The number of carbonyl (C=O) groups is 1. The fourth-order valence-electron chi connectivity index (χ4n) is 8.15. The normalized spacial score (nSPS) is 18.9. The largest absolute Gasteiger partial charge is 0.354 e. The monoisotopic (exact) mass is 617 g/mol. The van der Waals surface area contributed by atoms with Gasteiger partial charge in [-0.1, -0.05) is 36.2 Å². The van der Waals surface area contributed by atoms with Crippen LogP contribution in [0.2, 0.25) is 0 Å². The minimum atomic E-state index is -0.605. The van der Waals surface area contributed by atoms with Gasteiger partial charge in [0.25, 0.3) is 0 Å². The summed E-state index contributed by atoms with van der Waals surface area (Å²) in [5, 5.41) is 4.91. The minimum Gasteiger partial charge on any atom is -0.354 e. The van der Waals surface area contributed by atoms with Crippen LogP contribution in [0.15, 0.2) is 59.4 Å². The number of aromatic nitrogens is 3. The molecule has 46 heavy (non-hydrogen) atoms. The molecule has 0 radical (unpaired) electrons. The zero-order valence-corrected chi connectivity index (χ0v) is 27.8. The molecular formula is C39H47N5O2. The topological polar surface area (TPSA) is 96.8 Å². The van der Waals surface area contributed by atoms with Gasteiger partial charge in [-0.05, 0) is 137 Å². The Morgan fingerprint density at radius 3 is 2.35 bits per heavy atom. The van der Waals surface area contributed by atoms with Gasteiger partial charge >= 0.3 is 5.69 Å². The Morgan fingerprint density at radius 1 is 0.913 bits per heavy atom. The Kier molecular flexibility index (Phi) is 7.92. The Hall–Kier alpha value is -4.10. The zero-order valence-electron chi connectivity index (χ0n) is 27.8. The summed E-state index contributed by atoms with van der Waals surface area (Å²) in [6.07, 6.45) is 5.70. The van der Waals surface area contributed by atoms with Crippen LogP contribution in [-0.4, -0.2) is 51.4 Å². The number of aromatic amines is 3. The number of fused-ring (bicyclic) bond motifs is 5. The van der Waals surface area contributed by atoms with Gasteiger partial charge in [0.2, 0.25) is 5.91 Å². The molecule has 2 saturated heterocycles. The number of piperidine rings is 2. The first-order chi connectivity index (χ1) is 22.1. The van der Waals surface area contributed by atoms with E-state index < -0.39 is 5.41 Å². The summed E-state index contributed by atoms with van der Waals surface area (Å²) < 4.78 is 0. The molecule has 1 atom stereocenters. The highest BCUT2D eigenvalue weighted by Crippen LogP contribution is 2.41. The third kappa shape index (κ3) is 5.70. The van der Waals surface area contributed by atoms with E-state index in [0.29, 0.717) is 12.0 Å². The van der Waals surface area contributed by atoms with Crippen LogP contribution in [0.1, 0.15) is 80.2 Å². The molecule has 240 valence electrons. The summed E-state index contributed by atoms with van der Waals surface area (Å²) in [7, 11) is 0. The second-order valence-corrected chi connectivity index (χ2v) is 14.6. The lowest BCUT2D eigenvalue weighted by Crippen LogP contribution is -2.55. The third-order valence-corrected chi connectivity index (χ3v) is 10.7. The lowest BCUT2D eigenvalue weighted by molar-refractivity contribution is -0.144. The number of aryl methyl sites for hydroxylation is 2. The molecule has 1 amide bonds. The highest BCUT2D eigenvalue weighted by Gasteiger charge is 2.42. The molecule has 5 aromatic rings. The van der Waals surface area contributed by atoms with Gasteiger partial charge in [-0.3, -0.25) is 4.79 Å². The molecule has 2 aliphatic heterocycles. The number of imidazole rings is 1. The van der Waals surface area contributed by atoms with E-state index >= 15 is 0 Å². The van der Waals surface area contributed by atoms with E-state index in [2.05, 4.69) is 108 Å². The molecule has 3 fully saturated rings. The van der Waals surface area contributed by atoms with Crippen molar-refractivity contribution < 1.29 is 4.79 Å². The van der Waals surface area contributed by atoms with E-state index in [0.717, 1.165) is 66.7 Å². The highest BCUT2D eigenvalue weighted by atomic mass is 16.2. The van der Waals surface area contributed by atoms with E-state index in [-0.39, 0.29) is 17.5 Å². The Bertz CT molecular complexity index is 1950. The SMILES string of the molecule is Cc1cc(C)cc(-c2[nH]c3ccc(C(C)(C)C(=O)N4CC5CCC4CC5)cc3c2[C@H](C)CNCCc2ccc3[nH]c(=O)[nH]c3c2)c1. The summed E-state index contributed by atoms with van der Waals surface area (Å²) in [4.78, 5) is 37.5. The van der Waals surface area contributed by atoms with Crippen molar-refractivity contribution in [3.63, 3.8) is 0 Å². The van der Waals surface area contributed by atoms with Crippen molar-refractivity contribution in [2.45, 2.75) is 84.1 Å². The smallest absolute Gasteiger partial charge is 0.323 e. The van der Waals surface area contributed by atoms with Gasteiger partial charge in [-0.15, -0.1) is 0 Å². The van der Waals surface area contributed by atoms with Crippen LogP contribution in [0.3, 0.4) is 0 Å². The van der Waals surface area contributed by atoms with Crippen LogP contribution in [0.5, 0.6) is 0 Å². The number of nitrogens with one attached hydrogen (secondary N) is 4. The molecular weight excluding hydrogens is 570 g/mol. The molecule has 3 aromatic carbocycles. The van der Waals surface area contributed by atoms with E-state index in [1.54, 1.807) is 0 Å². The van der Waals surface area contributed by atoms with Crippen LogP contribution < -0.4 is 11.0 Å². The van der Waals surface area contributed by atoms with Crippen LogP contribution >= 0.6 is 0 Å². The van der Waals surface area contributed by atoms with Crippen molar-refractivity contribution in [3.8, 4) is 11.3 Å². The molecule has 3 aliphatic rings. The standard InChI is InChI=1S/C39H47N5O2/c1-23-16-24(2)18-28(17-23)36-35(25(3)21-40-15-14-26-8-12-33-34(19-26)43-38(46)42-33)31-20-29(9-13-32(31)41-36)39(4,5)37(45)44-22-27-6-10-30(44)11-7-27/h8-9,12-13,16-20,25,27,30,40-41H,6-7,10-11,14-15,21-22H2,1-5H3,(H2,42,43,46)/t25-,27?,30?/m1/s1. The third-order valence-electron chi connectivity index (χ3n) is 10.7. The van der Waals surface area contributed by atoms with Gasteiger partial charge in [0.15, 0.2) is 0 Å². The van der Waals surface area contributed by atoms with Crippen LogP contribution in [0.25, 0.3) is 33.2 Å². The Balaban J connectivity index is 1.17. The van der Waals surface area contributed by atoms with Crippen molar-refractivity contribution in [1.29, 1.82) is 0 Å². The first-order valence-electron chi connectivity index (χ1n) is 17.0. The summed E-state index contributed by atoms with van der Waals surface area (Å²) in [6, 6.07) is 19.9. The second-order valence-electron chi connectivity index (χ2n) is 14.6. The summed E-state index contributed by atoms with van der Waals surface area (Å²) in [5.41, 5.74) is 10.4. The molecule has 8 rings (SSSR count). The average molecular weight is 618 g/mol. The maximum atomic E-state index is 14.1. The molecule has 7 heteroatoms. The number of rotatable bonds is 9. The van der Waals surface area contributed by atoms with Crippen LogP contribution in [0, 0.1) is 19.8 Å². The number of amides is 1. The molecule has 7 nitrogen and oxygen atoms in total. The number of hydrogen-bond acceptors (Lipinski definition) is 3. The minimum absolute atomic E-state index is 0.174. The molecule has 2 aromatic heterocycles. The molecule has 2 bridgehead atoms. The number of carbonyl (C=O) groups excluding carboxylic acids is 1. The molecule has 1 saturated carbocycles. The van der Waals surface area contributed by atoms with E-state index in [9.17, 15) is 9.59 Å². The van der Waals surface area contributed by atoms with Crippen molar-refractivity contribution in [2.24, 2.45) is 5.92 Å². The maximum absolute atomic E-state index is 14.1. The highest BCUT2D eigenvalue weighted by molar-refractivity contribution is 5.94. The first kappa shape index (κ1) is 30.5. The van der Waals surface area contributed by atoms with Gasteiger partial charge in [-0.25, -0.2) is 4.79 Å². The second kappa shape index (κ2) is 11.9. The fraction of sp³-hybridized carbons (Fsp3) is 0.436. The van der Waals surface area contributed by atoms with Crippen LogP contribution in [-0.2, 0) is 16.6 Å². The van der Waals surface area contributed by atoms with E-state index in [1.165, 1.54) is 46.0 Å². The summed E-state index contributed by atoms with van der Waals surface area (Å²) in [6.45, 7) is 13.4. The van der Waals surface area contributed by atoms with Crippen molar-refractivity contribution in [2.75, 3.05) is 19.6 Å². The summed E-state index contributed by atoms with van der Waals surface area (Å²) >= 11 is 0. The quantitative estimate of drug-likeness (QED) is 0.131. The molecule has 0 unspecified atom stereocenters. The number of H-pyrrole nitrogens is 3. The average Bonchev–Trinajstić information content (AvgIpc) is 3.61. The van der Waals surface area contributed by atoms with E-state index in [1.807, 2.05) is 6.07 Å². The Labute approximate surface area is 271 Å². The van der Waals surface area contributed by atoms with Gasteiger partial charge in [-0.2, -0.15) is 0 Å². The van der Waals surface area contributed by atoms with Crippen molar-refractivity contribution in [1.82, 2.24) is 25.2 Å². The van der Waals surface area contributed by atoms with E-state index in [4.69, 9.17) is 0 Å². The van der Waals surface area contributed by atoms with Crippen molar-refractivity contribution >= 4 is 27.8 Å².